The fourth-order valence-electron chi connectivity index (χ4n) is 3.40. The van der Waals surface area contributed by atoms with Gasteiger partial charge in [0.25, 0.3) is 0 Å². The molecule has 5 nitrogen and oxygen atoms in total. The Labute approximate surface area is 113 Å². The summed E-state index contributed by atoms with van der Waals surface area (Å²) in [5.41, 5.74) is 1.38. The molecule has 0 aromatic rings. The molecule has 0 aromatic carbocycles. The smallest absolute Gasteiger partial charge is 0.336 e. The number of ether oxygens (including phenoxy) is 1. The zero-order chi connectivity index (χ0) is 13.4. The first-order valence-corrected chi connectivity index (χ1v) is 7.07. The standard InChI is InChI=1S/C14H20N2O3/c1-9-12(8-19-14(9)18)16-7-4-11(13(16)17)10-2-5-15-6-3-10/h10-11,15H,2-8H2,1H3. The SMILES string of the molecule is CC1=C(N2CCC(C3CCNCC3)C2=O)COC1=O. The molecule has 1 unspecified atom stereocenters. The molecule has 0 bridgehead atoms. The normalized spacial score (nSPS) is 29.3. The molecule has 1 N–H and O–H groups in total. The predicted molar refractivity (Wildman–Crippen MR) is 69.1 cm³/mol. The van der Waals surface area contributed by atoms with Crippen molar-refractivity contribution in [2.75, 3.05) is 26.2 Å². The fraction of sp³-hybridized carbons (Fsp3) is 0.714. The van der Waals surface area contributed by atoms with Crippen LogP contribution in [-0.2, 0) is 14.3 Å². The Kier molecular flexibility index (Phi) is 3.31. The highest BCUT2D eigenvalue weighted by molar-refractivity contribution is 5.93. The number of nitrogens with one attached hydrogen (secondary N) is 1. The maximum absolute atomic E-state index is 12.5. The maximum Gasteiger partial charge on any atom is 0.336 e. The first-order valence-electron chi connectivity index (χ1n) is 7.07. The Morgan fingerprint density at radius 2 is 1.95 bits per heavy atom. The second-order valence-corrected chi connectivity index (χ2v) is 5.62. The van der Waals surface area contributed by atoms with Gasteiger partial charge in [-0.3, -0.25) is 4.79 Å². The highest BCUT2D eigenvalue weighted by atomic mass is 16.5. The number of amides is 1. The van der Waals surface area contributed by atoms with Gasteiger partial charge in [0.15, 0.2) is 0 Å². The lowest BCUT2D eigenvalue weighted by molar-refractivity contribution is -0.136. The molecule has 0 spiro atoms. The van der Waals surface area contributed by atoms with E-state index in [1.165, 1.54) is 0 Å². The van der Waals surface area contributed by atoms with Gasteiger partial charge in [-0.15, -0.1) is 0 Å². The van der Waals surface area contributed by atoms with Crippen LogP contribution < -0.4 is 5.32 Å². The minimum absolute atomic E-state index is 0.137. The average molecular weight is 264 g/mol. The molecule has 3 aliphatic rings. The number of likely N-dealkylation sites (tertiary alicyclic amines) is 1. The molecular formula is C14H20N2O3. The molecule has 1 atom stereocenters. The van der Waals surface area contributed by atoms with Gasteiger partial charge in [0.2, 0.25) is 5.91 Å². The number of carbonyl (C=O) groups excluding carboxylic acids is 2. The average Bonchev–Trinajstić information content (AvgIpc) is 2.96. The minimum atomic E-state index is -0.284. The molecule has 3 aliphatic heterocycles. The third-order valence-corrected chi connectivity index (χ3v) is 4.60. The van der Waals surface area contributed by atoms with Crippen molar-refractivity contribution in [2.24, 2.45) is 11.8 Å². The largest absolute Gasteiger partial charge is 0.456 e. The number of piperidine rings is 1. The molecular weight excluding hydrogens is 244 g/mol. The number of hydrogen-bond acceptors (Lipinski definition) is 4. The van der Waals surface area contributed by atoms with E-state index in [-0.39, 0.29) is 24.4 Å². The second kappa shape index (κ2) is 4.96. The maximum atomic E-state index is 12.5. The molecule has 0 aromatic heterocycles. The van der Waals surface area contributed by atoms with Crippen molar-refractivity contribution >= 4 is 11.9 Å². The van der Waals surface area contributed by atoms with Crippen LogP contribution in [0, 0.1) is 11.8 Å². The first-order chi connectivity index (χ1) is 9.18. The highest BCUT2D eigenvalue weighted by Crippen LogP contribution is 2.34. The van der Waals surface area contributed by atoms with Gasteiger partial charge < -0.3 is 15.0 Å². The van der Waals surface area contributed by atoms with Crippen molar-refractivity contribution in [1.82, 2.24) is 10.2 Å². The van der Waals surface area contributed by atoms with Crippen LogP contribution in [0.2, 0.25) is 0 Å². The summed E-state index contributed by atoms with van der Waals surface area (Å²) in [6.45, 7) is 4.76. The summed E-state index contributed by atoms with van der Waals surface area (Å²) in [7, 11) is 0. The molecule has 3 heterocycles. The summed E-state index contributed by atoms with van der Waals surface area (Å²) < 4.78 is 5.00. The van der Waals surface area contributed by atoms with Crippen molar-refractivity contribution in [3.63, 3.8) is 0 Å². The summed E-state index contributed by atoms with van der Waals surface area (Å²) in [5, 5.41) is 3.33. The van der Waals surface area contributed by atoms with E-state index in [0.717, 1.165) is 44.6 Å². The molecule has 2 saturated heterocycles. The van der Waals surface area contributed by atoms with E-state index < -0.39 is 0 Å². The van der Waals surface area contributed by atoms with E-state index in [4.69, 9.17) is 4.74 Å². The van der Waals surface area contributed by atoms with E-state index in [2.05, 4.69) is 5.32 Å². The molecule has 2 fully saturated rings. The molecule has 0 saturated carbocycles. The number of hydrogen-bond donors (Lipinski definition) is 1. The third-order valence-electron chi connectivity index (χ3n) is 4.60. The van der Waals surface area contributed by atoms with Crippen LogP contribution in [0.5, 0.6) is 0 Å². The molecule has 0 radical (unpaired) electrons. The fourth-order valence-corrected chi connectivity index (χ4v) is 3.40. The van der Waals surface area contributed by atoms with Crippen LogP contribution in [0.4, 0.5) is 0 Å². The molecule has 1 amide bonds. The number of rotatable bonds is 2. The van der Waals surface area contributed by atoms with E-state index in [1.54, 1.807) is 11.8 Å². The Balaban J connectivity index is 1.73. The Bertz CT molecular complexity index is 438. The first kappa shape index (κ1) is 12.7. The topological polar surface area (TPSA) is 58.6 Å². The van der Waals surface area contributed by atoms with Crippen molar-refractivity contribution in [2.45, 2.75) is 26.2 Å². The number of nitrogens with zero attached hydrogens (tertiary/aromatic N) is 1. The summed E-state index contributed by atoms with van der Waals surface area (Å²) in [6.07, 6.45) is 3.07. The monoisotopic (exact) mass is 264 g/mol. The van der Waals surface area contributed by atoms with E-state index in [1.807, 2.05) is 0 Å². The van der Waals surface area contributed by atoms with Crippen molar-refractivity contribution in [1.29, 1.82) is 0 Å². The van der Waals surface area contributed by atoms with Crippen molar-refractivity contribution in [3.05, 3.63) is 11.3 Å². The highest BCUT2D eigenvalue weighted by Gasteiger charge is 2.41. The lowest BCUT2D eigenvalue weighted by atomic mass is 9.84. The summed E-state index contributed by atoms with van der Waals surface area (Å²) in [5.74, 6) is 0.545. The van der Waals surface area contributed by atoms with Gasteiger partial charge in [0, 0.05) is 12.5 Å². The summed E-state index contributed by atoms with van der Waals surface area (Å²) >= 11 is 0. The van der Waals surface area contributed by atoms with Crippen LogP contribution in [0.25, 0.3) is 0 Å². The minimum Gasteiger partial charge on any atom is -0.456 e. The predicted octanol–water partition coefficient (Wildman–Crippen LogP) is 0.665. The molecule has 3 rings (SSSR count). The third kappa shape index (κ3) is 2.16. The molecule has 104 valence electrons. The lowest BCUT2D eigenvalue weighted by Gasteiger charge is -2.27. The summed E-state index contributed by atoms with van der Waals surface area (Å²) in [6, 6.07) is 0. The van der Waals surface area contributed by atoms with Crippen LogP contribution in [0.15, 0.2) is 11.3 Å². The van der Waals surface area contributed by atoms with Crippen LogP contribution in [0.1, 0.15) is 26.2 Å². The van der Waals surface area contributed by atoms with Crippen LogP contribution in [-0.4, -0.2) is 43.0 Å². The Hall–Kier alpha value is -1.36. The molecule has 5 heteroatoms. The molecule has 0 aliphatic carbocycles. The lowest BCUT2D eigenvalue weighted by Crippen LogP contribution is -2.36. The van der Waals surface area contributed by atoms with Gasteiger partial charge in [0.05, 0.1) is 11.3 Å². The number of esters is 1. The van der Waals surface area contributed by atoms with Crippen molar-refractivity contribution < 1.29 is 14.3 Å². The van der Waals surface area contributed by atoms with Crippen LogP contribution in [0.3, 0.4) is 0 Å². The van der Waals surface area contributed by atoms with Gasteiger partial charge in [-0.25, -0.2) is 4.79 Å². The van der Waals surface area contributed by atoms with Gasteiger partial charge >= 0.3 is 5.97 Å². The van der Waals surface area contributed by atoms with Gasteiger partial charge in [-0.05, 0) is 45.2 Å². The number of carbonyl (C=O) groups is 2. The van der Waals surface area contributed by atoms with Crippen LogP contribution >= 0.6 is 0 Å². The molecule has 19 heavy (non-hydrogen) atoms. The van der Waals surface area contributed by atoms with Gasteiger partial charge in [-0.1, -0.05) is 0 Å². The van der Waals surface area contributed by atoms with Crippen molar-refractivity contribution in [3.8, 4) is 0 Å². The Morgan fingerprint density at radius 1 is 1.21 bits per heavy atom. The van der Waals surface area contributed by atoms with Gasteiger partial charge in [-0.2, -0.15) is 0 Å². The zero-order valence-electron chi connectivity index (χ0n) is 11.3. The Morgan fingerprint density at radius 3 is 2.58 bits per heavy atom. The quantitative estimate of drug-likeness (QED) is 0.745. The number of cyclic esters (lactones) is 1. The van der Waals surface area contributed by atoms with E-state index in [9.17, 15) is 9.59 Å². The second-order valence-electron chi connectivity index (χ2n) is 5.62. The van der Waals surface area contributed by atoms with E-state index >= 15 is 0 Å². The zero-order valence-corrected chi connectivity index (χ0v) is 11.3. The van der Waals surface area contributed by atoms with E-state index in [0.29, 0.717) is 11.5 Å². The summed E-state index contributed by atoms with van der Waals surface area (Å²) in [4.78, 5) is 25.7. The van der Waals surface area contributed by atoms with Gasteiger partial charge in [0.1, 0.15) is 6.61 Å².